The van der Waals surface area contributed by atoms with Crippen molar-refractivity contribution < 1.29 is 5.11 Å². The Kier molecular flexibility index (Phi) is 3.09. The topological polar surface area (TPSA) is 20.2 Å². The summed E-state index contributed by atoms with van der Waals surface area (Å²) in [5.74, 6) is 1.12. The van der Waals surface area contributed by atoms with Gasteiger partial charge in [-0.25, -0.2) is 0 Å². The molecule has 0 unspecified atom stereocenters. The molecule has 1 aromatic carbocycles. The fourth-order valence-electron chi connectivity index (χ4n) is 0.766. The number of benzene rings is 1. The van der Waals surface area contributed by atoms with Gasteiger partial charge in [0.2, 0.25) is 0 Å². The molecule has 1 aromatic rings. The Labute approximate surface area is 75.4 Å². The molecule has 0 aromatic heterocycles. The molecule has 0 saturated heterocycles. The van der Waals surface area contributed by atoms with Crippen LogP contribution in [0.15, 0.2) is 23.1 Å². The minimum absolute atomic E-state index is 0.158. The normalized spacial score (nSPS) is 10.0. The van der Waals surface area contributed by atoms with E-state index in [0.29, 0.717) is 5.02 Å². The molecular formula is C8H9ClOS. The molecule has 1 rings (SSSR count). The van der Waals surface area contributed by atoms with Crippen molar-refractivity contribution in [1.29, 1.82) is 0 Å². The average molecular weight is 189 g/mol. The van der Waals surface area contributed by atoms with Crippen molar-refractivity contribution in [1.82, 2.24) is 0 Å². The number of aromatic hydroxyl groups is 1. The van der Waals surface area contributed by atoms with Crippen LogP contribution in [0.1, 0.15) is 6.92 Å². The van der Waals surface area contributed by atoms with Crippen LogP contribution in [0, 0.1) is 0 Å². The maximum Gasteiger partial charge on any atom is 0.135 e. The average Bonchev–Trinajstić information content (AvgIpc) is 1.99. The van der Waals surface area contributed by atoms with Gasteiger partial charge < -0.3 is 5.11 Å². The van der Waals surface area contributed by atoms with Crippen LogP contribution in [0.4, 0.5) is 0 Å². The maximum atomic E-state index is 9.18. The third-order valence-corrected chi connectivity index (χ3v) is 2.69. The molecular weight excluding hydrogens is 180 g/mol. The summed E-state index contributed by atoms with van der Waals surface area (Å²) in [7, 11) is 0. The molecule has 0 heterocycles. The monoisotopic (exact) mass is 188 g/mol. The van der Waals surface area contributed by atoms with Gasteiger partial charge in [0.05, 0.1) is 5.02 Å². The second-order valence-electron chi connectivity index (χ2n) is 2.02. The number of phenolic OH excluding ortho intramolecular Hbond substituents is 1. The van der Waals surface area contributed by atoms with Gasteiger partial charge >= 0.3 is 0 Å². The quantitative estimate of drug-likeness (QED) is 0.720. The first-order valence-corrected chi connectivity index (χ1v) is 4.72. The summed E-state index contributed by atoms with van der Waals surface area (Å²) >= 11 is 7.43. The van der Waals surface area contributed by atoms with Crippen LogP contribution < -0.4 is 0 Å². The van der Waals surface area contributed by atoms with Gasteiger partial charge in [0.1, 0.15) is 5.75 Å². The molecule has 0 amide bonds. The predicted molar refractivity (Wildman–Crippen MR) is 49.5 cm³/mol. The Morgan fingerprint density at radius 1 is 1.55 bits per heavy atom. The highest BCUT2D eigenvalue weighted by atomic mass is 35.5. The number of phenols is 1. The van der Waals surface area contributed by atoms with Gasteiger partial charge in [0.15, 0.2) is 0 Å². The number of hydrogen-bond acceptors (Lipinski definition) is 2. The van der Waals surface area contributed by atoms with Gasteiger partial charge in [-0.05, 0) is 17.9 Å². The zero-order valence-electron chi connectivity index (χ0n) is 6.17. The van der Waals surface area contributed by atoms with Crippen LogP contribution in [-0.2, 0) is 0 Å². The highest BCUT2D eigenvalue weighted by molar-refractivity contribution is 7.99. The summed E-state index contributed by atoms with van der Waals surface area (Å²) in [6, 6.07) is 5.28. The van der Waals surface area contributed by atoms with Crippen molar-refractivity contribution in [3.05, 3.63) is 23.2 Å². The Morgan fingerprint density at radius 2 is 2.27 bits per heavy atom. The van der Waals surface area contributed by atoms with E-state index >= 15 is 0 Å². The Bertz CT molecular complexity index is 250. The molecule has 0 spiro atoms. The summed E-state index contributed by atoms with van der Waals surface area (Å²) in [4.78, 5) is 0.939. The molecule has 0 saturated carbocycles. The van der Waals surface area contributed by atoms with Crippen LogP contribution in [0.3, 0.4) is 0 Å². The van der Waals surface area contributed by atoms with E-state index in [1.165, 1.54) is 0 Å². The molecule has 3 heteroatoms. The zero-order valence-corrected chi connectivity index (χ0v) is 7.75. The Balaban J connectivity index is 2.96. The second kappa shape index (κ2) is 3.88. The highest BCUT2D eigenvalue weighted by Gasteiger charge is 2.02. The Morgan fingerprint density at radius 3 is 2.91 bits per heavy atom. The lowest BCUT2D eigenvalue weighted by Gasteiger charge is -2.02. The Hall–Kier alpha value is -0.340. The van der Waals surface area contributed by atoms with E-state index in [9.17, 15) is 5.11 Å². The lowest BCUT2D eigenvalue weighted by Crippen LogP contribution is -1.75. The van der Waals surface area contributed by atoms with E-state index in [0.717, 1.165) is 10.6 Å². The van der Waals surface area contributed by atoms with E-state index in [1.807, 2.05) is 13.0 Å². The van der Waals surface area contributed by atoms with E-state index in [2.05, 4.69) is 0 Å². The molecule has 1 nitrogen and oxygen atoms in total. The van der Waals surface area contributed by atoms with Crippen LogP contribution >= 0.6 is 23.4 Å². The third kappa shape index (κ3) is 2.04. The lowest BCUT2D eigenvalue weighted by atomic mass is 10.3. The smallest absolute Gasteiger partial charge is 0.135 e. The minimum Gasteiger partial charge on any atom is -0.506 e. The van der Waals surface area contributed by atoms with Crippen molar-refractivity contribution in [3.63, 3.8) is 0 Å². The largest absolute Gasteiger partial charge is 0.506 e. The van der Waals surface area contributed by atoms with Crippen molar-refractivity contribution in [2.24, 2.45) is 0 Å². The number of halogens is 1. The molecule has 11 heavy (non-hydrogen) atoms. The van der Waals surface area contributed by atoms with Gasteiger partial charge in [-0.15, -0.1) is 11.8 Å². The molecule has 1 N–H and O–H groups in total. The number of hydrogen-bond donors (Lipinski definition) is 1. The van der Waals surface area contributed by atoms with Crippen molar-refractivity contribution >= 4 is 23.4 Å². The standard InChI is InChI=1S/C8H9ClOS/c1-2-11-7-5-3-4-6(10)8(7)9/h3-5,10H,2H2,1H3. The molecule has 60 valence electrons. The second-order valence-corrected chi connectivity index (χ2v) is 3.71. The van der Waals surface area contributed by atoms with Gasteiger partial charge in [-0.3, -0.25) is 0 Å². The van der Waals surface area contributed by atoms with E-state index < -0.39 is 0 Å². The van der Waals surface area contributed by atoms with Crippen molar-refractivity contribution in [3.8, 4) is 5.75 Å². The molecule has 0 atom stereocenters. The summed E-state index contributed by atoms with van der Waals surface area (Å²) in [5.41, 5.74) is 0. The summed E-state index contributed by atoms with van der Waals surface area (Å²) in [5, 5.41) is 9.64. The summed E-state index contributed by atoms with van der Waals surface area (Å²) < 4.78 is 0. The summed E-state index contributed by atoms with van der Waals surface area (Å²) in [6.45, 7) is 2.05. The third-order valence-electron chi connectivity index (χ3n) is 1.24. The fraction of sp³-hybridized carbons (Fsp3) is 0.250. The molecule has 0 fully saturated rings. The minimum atomic E-state index is 0.158. The molecule has 0 bridgehead atoms. The number of thioether (sulfide) groups is 1. The van der Waals surface area contributed by atoms with Crippen LogP contribution in [0.25, 0.3) is 0 Å². The molecule has 0 radical (unpaired) electrons. The molecule has 0 aliphatic carbocycles. The van der Waals surface area contributed by atoms with Crippen molar-refractivity contribution in [2.45, 2.75) is 11.8 Å². The van der Waals surface area contributed by atoms with Gasteiger partial charge in [0.25, 0.3) is 0 Å². The lowest BCUT2D eigenvalue weighted by molar-refractivity contribution is 0.474. The van der Waals surface area contributed by atoms with E-state index in [-0.39, 0.29) is 5.75 Å². The fourth-order valence-corrected chi connectivity index (χ4v) is 1.77. The van der Waals surface area contributed by atoms with Gasteiger partial charge in [-0.2, -0.15) is 0 Å². The molecule has 0 aliphatic heterocycles. The van der Waals surface area contributed by atoms with Crippen LogP contribution in [0.2, 0.25) is 5.02 Å². The SMILES string of the molecule is CCSc1cccc(O)c1Cl. The first kappa shape index (κ1) is 8.75. The van der Waals surface area contributed by atoms with Crippen molar-refractivity contribution in [2.75, 3.05) is 5.75 Å². The first-order chi connectivity index (χ1) is 5.25. The zero-order chi connectivity index (χ0) is 8.27. The first-order valence-electron chi connectivity index (χ1n) is 3.36. The summed E-state index contributed by atoms with van der Waals surface area (Å²) in [6.07, 6.45) is 0. The highest BCUT2D eigenvalue weighted by Crippen LogP contribution is 2.33. The molecule has 0 aliphatic rings. The van der Waals surface area contributed by atoms with Crippen LogP contribution in [-0.4, -0.2) is 10.9 Å². The van der Waals surface area contributed by atoms with Gasteiger partial charge in [-0.1, -0.05) is 24.6 Å². The van der Waals surface area contributed by atoms with E-state index in [1.54, 1.807) is 23.9 Å². The van der Waals surface area contributed by atoms with Gasteiger partial charge in [0, 0.05) is 4.90 Å². The van der Waals surface area contributed by atoms with Crippen LogP contribution in [0.5, 0.6) is 5.75 Å². The van der Waals surface area contributed by atoms with E-state index in [4.69, 9.17) is 11.6 Å². The predicted octanol–water partition coefficient (Wildman–Crippen LogP) is 3.16. The number of rotatable bonds is 2. The maximum absolute atomic E-state index is 9.18.